The highest BCUT2D eigenvalue weighted by Gasteiger charge is 2.46. The van der Waals surface area contributed by atoms with Gasteiger partial charge in [0.2, 0.25) is 0 Å². The molecule has 4 rings (SSSR count). The summed E-state index contributed by atoms with van der Waals surface area (Å²) in [6, 6.07) is 3.00. The van der Waals surface area contributed by atoms with Gasteiger partial charge in [0.15, 0.2) is 0 Å². The number of ether oxygens (including phenoxy) is 1. The van der Waals surface area contributed by atoms with E-state index < -0.39 is 53.6 Å². The van der Waals surface area contributed by atoms with Crippen LogP contribution in [-0.4, -0.2) is 28.6 Å². The predicted octanol–water partition coefficient (Wildman–Crippen LogP) is 7.24. The molecule has 2 fully saturated rings. The summed E-state index contributed by atoms with van der Waals surface area (Å²) in [5.41, 5.74) is -3.97. The minimum Gasteiger partial charge on any atom is -0.439 e. The van der Waals surface area contributed by atoms with E-state index in [1.54, 1.807) is 0 Å². The Balaban J connectivity index is 0.000000248. The van der Waals surface area contributed by atoms with Crippen LogP contribution in [0.25, 0.3) is 0 Å². The summed E-state index contributed by atoms with van der Waals surface area (Å²) in [6.45, 7) is 0.394. The Hall–Kier alpha value is -2.51. The number of fused-ring (bicyclic) bond motifs is 1. The second-order valence-corrected chi connectivity index (χ2v) is 8.32. The fourth-order valence-corrected chi connectivity index (χ4v) is 3.80. The average Bonchev–Trinajstić information content (AvgIpc) is 3.31. The van der Waals surface area contributed by atoms with E-state index in [-0.39, 0.29) is 11.6 Å². The molecule has 0 spiro atoms. The van der Waals surface area contributed by atoms with Crippen LogP contribution in [-0.2, 0) is 23.3 Å². The fourth-order valence-electron chi connectivity index (χ4n) is 3.57. The number of amides is 1. The van der Waals surface area contributed by atoms with Gasteiger partial charge in [-0.2, -0.15) is 39.5 Å². The van der Waals surface area contributed by atoms with E-state index >= 15 is 0 Å². The number of carbonyl (C=O) groups is 1. The van der Waals surface area contributed by atoms with Crippen LogP contribution in [0.5, 0.6) is 0 Å². The molecule has 1 aromatic heterocycles. The van der Waals surface area contributed by atoms with Gasteiger partial charge in [0.05, 0.1) is 17.2 Å². The first-order valence-electron chi connectivity index (χ1n) is 9.53. The first-order valence-corrected chi connectivity index (χ1v) is 10.3. The highest BCUT2D eigenvalue weighted by Crippen LogP contribution is 2.43. The molecule has 2 unspecified atom stereocenters. The number of hydrogen-bond acceptors (Lipinski definition) is 3. The third kappa shape index (κ3) is 5.94. The molecule has 0 aliphatic carbocycles. The van der Waals surface area contributed by atoms with Gasteiger partial charge in [-0.05, 0) is 64.7 Å². The SMILES string of the molecule is FC(F)(F)c1ccc(Br)cn1.O=C1OC(c2cc(C(F)(F)F)cc(C(F)(F)F)c2)C2CCCN12. The Morgan fingerprint density at radius 1 is 0.912 bits per heavy atom. The summed E-state index contributed by atoms with van der Waals surface area (Å²) in [6.07, 6.45) is -13.8. The normalized spacial score (nSPS) is 20.5. The monoisotopic (exact) mass is 564 g/mol. The van der Waals surface area contributed by atoms with Gasteiger partial charge in [-0.1, -0.05) is 0 Å². The zero-order chi connectivity index (χ0) is 25.5. The van der Waals surface area contributed by atoms with Crippen LogP contribution in [0.4, 0.5) is 44.3 Å². The smallest absolute Gasteiger partial charge is 0.433 e. The van der Waals surface area contributed by atoms with Crippen LogP contribution in [0.2, 0.25) is 0 Å². The molecule has 2 aromatic rings. The maximum Gasteiger partial charge on any atom is 0.433 e. The van der Waals surface area contributed by atoms with Crippen molar-refractivity contribution in [2.24, 2.45) is 0 Å². The van der Waals surface area contributed by atoms with Gasteiger partial charge in [-0.15, -0.1) is 0 Å². The van der Waals surface area contributed by atoms with Crippen molar-refractivity contribution in [2.45, 2.75) is 43.5 Å². The minimum absolute atomic E-state index is 0.0622. The van der Waals surface area contributed by atoms with Crippen molar-refractivity contribution in [3.05, 3.63) is 63.4 Å². The molecule has 0 radical (unpaired) electrons. The molecule has 2 aliphatic rings. The highest BCUT2D eigenvalue weighted by molar-refractivity contribution is 9.10. The standard InChI is InChI=1S/C14H11F6NO2.C6H3BrF3N/c15-13(16,17)8-4-7(5-9(6-8)14(18,19)20)11-10-2-1-3-21(10)12(22)23-11;7-4-1-2-5(11-3-4)6(8,9)10/h4-6,10-11H,1-3H2;1-3H. The number of benzene rings is 1. The maximum atomic E-state index is 12.9. The Morgan fingerprint density at radius 3 is 1.97 bits per heavy atom. The molecule has 0 bridgehead atoms. The van der Waals surface area contributed by atoms with Crippen molar-refractivity contribution in [1.82, 2.24) is 9.88 Å². The Labute approximate surface area is 194 Å². The number of alkyl halides is 9. The zero-order valence-corrected chi connectivity index (χ0v) is 18.3. The molecule has 14 heteroatoms. The number of carbonyl (C=O) groups excluding carboxylic acids is 1. The Morgan fingerprint density at radius 2 is 1.50 bits per heavy atom. The first-order chi connectivity index (χ1) is 15.6. The second kappa shape index (κ2) is 9.27. The number of hydrogen-bond donors (Lipinski definition) is 0. The van der Waals surface area contributed by atoms with Crippen molar-refractivity contribution in [3.8, 4) is 0 Å². The molecule has 186 valence electrons. The molecule has 0 N–H and O–H groups in total. The van der Waals surface area contributed by atoms with Gasteiger partial charge in [0, 0.05) is 17.2 Å². The van der Waals surface area contributed by atoms with E-state index in [4.69, 9.17) is 4.74 Å². The molecule has 0 saturated carbocycles. The summed E-state index contributed by atoms with van der Waals surface area (Å²) < 4.78 is 118. The maximum absolute atomic E-state index is 12.9. The molecule has 2 saturated heterocycles. The van der Waals surface area contributed by atoms with Crippen LogP contribution in [0.1, 0.15) is 41.3 Å². The number of cyclic esters (lactones) is 1. The van der Waals surface area contributed by atoms with Gasteiger partial charge >= 0.3 is 24.6 Å². The number of pyridine rings is 1. The summed E-state index contributed by atoms with van der Waals surface area (Å²) in [4.78, 5) is 16.2. The predicted molar refractivity (Wildman–Crippen MR) is 102 cm³/mol. The Bertz CT molecular complexity index is 1000. The number of halogens is 10. The summed E-state index contributed by atoms with van der Waals surface area (Å²) in [5.74, 6) is 0. The van der Waals surface area contributed by atoms with E-state index in [0.717, 1.165) is 12.3 Å². The van der Waals surface area contributed by atoms with Crippen molar-refractivity contribution in [2.75, 3.05) is 6.54 Å². The lowest BCUT2D eigenvalue weighted by atomic mass is 9.96. The topological polar surface area (TPSA) is 42.4 Å². The molecule has 4 nitrogen and oxygen atoms in total. The number of nitrogens with zero attached hydrogens (tertiary/aromatic N) is 2. The molecule has 2 atom stereocenters. The fraction of sp³-hybridized carbons (Fsp3) is 0.400. The molecule has 34 heavy (non-hydrogen) atoms. The van der Waals surface area contributed by atoms with Crippen LogP contribution in [0.3, 0.4) is 0 Å². The van der Waals surface area contributed by atoms with Gasteiger partial charge in [0.25, 0.3) is 0 Å². The number of aromatic nitrogens is 1. The zero-order valence-electron chi connectivity index (χ0n) is 16.7. The number of rotatable bonds is 1. The van der Waals surface area contributed by atoms with Crippen molar-refractivity contribution < 1.29 is 49.0 Å². The van der Waals surface area contributed by atoms with Crippen LogP contribution < -0.4 is 0 Å². The van der Waals surface area contributed by atoms with E-state index in [2.05, 4.69) is 20.9 Å². The van der Waals surface area contributed by atoms with Gasteiger partial charge in [-0.3, -0.25) is 4.98 Å². The average molecular weight is 565 g/mol. The largest absolute Gasteiger partial charge is 0.439 e. The van der Waals surface area contributed by atoms with E-state index in [1.165, 1.54) is 11.0 Å². The summed E-state index contributed by atoms with van der Waals surface area (Å²) >= 11 is 2.98. The molecule has 2 aliphatic heterocycles. The van der Waals surface area contributed by atoms with E-state index in [1.807, 2.05) is 0 Å². The first kappa shape index (κ1) is 26.1. The summed E-state index contributed by atoms with van der Waals surface area (Å²) in [7, 11) is 0. The molecular formula is C20H14BrF9N2O2. The molecule has 1 amide bonds. The quantitative estimate of drug-likeness (QED) is 0.343. The highest BCUT2D eigenvalue weighted by atomic mass is 79.9. The van der Waals surface area contributed by atoms with Crippen molar-refractivity contribution in [3.63, 3.8) is 0 Å². The third-order valence-electron chi connectivity index (χ3n) is 5.07. The minimum atomic E-state index is -4.92. The lowest BCUT2D eigenvalue weighted by Gasteiger charge is -2.20. The van der Waals surface area contributed by atoms with E-state index in [0.29, 0.717) is 36.0 Å². The van der Waals surface area contributed by atoms with E-state index in [9.17, 15) is 44.3 Å². The lowest BCUT2D eigenvalue weighted by molar-refractivity contribution is -0.143. The Kier molecular flexibility index (Phi) is 7.11. The molecule has 1 aromatic carbocycles. The van der Waals surface area contributed by atoms with Crippen LogP contribution in [0, 0.1) is 0 Å². The van der Waals surface area contributed by atoms with Crippen molar-refractivity contribution >= 4 is 22.0 Å². The third-order valence-corrected chi connectivity index (χ3v) is 5.54. The van der Waals surface area contributed by atoms with Crippen LogP contribution in [0.15, 0.2) is 41.0 Å². The van der Waals surface area contributed by atoms with Gasteiger partial charge in [0.1, 0.15) is 11.8 Å². The van der Waals surface area contributed by atoms with Gasteiger partial charge in [-0.25, -0.2) is 4.79 Å². The summed E-state index contributed by atoms with van der Waals surface area (Å²) in [5, 5.41) is 0. The molecular weight excluding hydrogens is 551 g/mol. The van der Waals surface area contributed by atoms with Crippen molar-refractivity contribution in [1.29, 1.82) is 0 Å². The van der Waals surface area contributed by atoms with Gasteiger partial charge < -0.3 is 9.64 Å². The lowest BCUT2D eigenvalue weighted by Crippen LogP contribution is -2.27. The second-order valence-electron chi connectivity index (χ2n) is 7.41. The van der Waals surface area contributed by atoms with Crippen LogP contribution >= 0.6 is 15.9 Å². The molecule has 3 heterocycles.